The highest BCUT2D eigenvalue weighted by Crippen LogP contribution is 2.35. The predicted octanol–water partition coefficient (Wildman–Crippen LogP) is 3.77. The molecular formula is C19H28N2O4. The Morgan fingerprint density at radius 3 is 2.40 bits per heavy atom. The number of aryl methyl sites for hydroxylation is 1. The summed E-state index contributed by atoms with van der Waals surface area (Å²) < 4.78 is 10.8. The third-order valence-electron chi connectivity index (χ3n) is 4.08. The predicted molar refractivity (Wildman–Crippen MR) is 98.7 cm³/mol. The molecule has 0 unspecified atom stereocenters. The number of nitrogens with one attached hydrogen (secondary N) is 1. The number of nitrogens with zero attached hydrogens (tertiary/aromatic N) is 1. The number of ether oxygens (including phenoxy) is 2. The van der Waals surface area contributed by atoms with Gasteiger partial charge in [0.25, 0.3) is 0 Å². The van der Waals surface area contributed by atoms with Gasteiger partial charge in [-0.05, 0) is 38.8 Å². The van der Waals surface area contributed by atoms with Crippen molar-refractivity contribution in [3.63, 3.8) is 0 Å². The van der Waals surface area contributed by atoms with Crippen LogP contribution in [0, 0.1) is 0 Å². The van der Waals surface area contributed by atoms with Crippen molar-refractivity contribution < 1.29 is 19.1 Å². The molecule has 0 bridgehead atoms. The number of methoxy groups -OCH3 is 1. The lowest BCUT2D eigenvalue weighted by atomic mass is 10.0. The lowest BCUT2D eigenvalue weighted by molar-refractivity contribution is -0.119. The Balaban J connectivity index is 2.27. The van der Waals surface area contributed by atoms with E-state index in [1.807, 2.05) is 32.9 Å². The van der Waals surface area contributed by atoms with Crippen molar-refractivity contribution >= 4 is 23.3 Å². The molecule has 1 fully saturated rings. The van der Waals surface area contributed by atoms with Crippen LogP contribution >= 0.6 is 0 Å². The van der Waals surface area contributed by atoms with Crippen LogP contribution in [-0.4, -0.2) is 37.7 Å². The molecule has 0 atom stereocenters. The van der Waals surface area contributed by atoms with Gasteiger partial charge in [-0.1, -0.05) is 6.92 Å². The van der Waals surface area contributed by atoms with Crippen LogP contribution < -0.4 is 15.0 Å². The number of ketones is 1. The summed E-state index contributed by atoms with van der Waals surface area (Å²) in [4.78, 5) is 25.8. The first-order chi connectivity index (χ1) is 11.7. The molecular weight excluding hydrogens is 320 g/mol. The first-order valence-electron chi connectivity index (χ1n) is 8.71. The second kappa shape index (κ2) is 7.76. The fourth-order valence-electron chi connectivity index (χ4n) is 2.87. The van der Waals surface area contributed by atoms with Crippen LogP contribution in [0.4, 0.5) is 16.2 Å². The molecule has 1 saturated heterocycles. The highest BCUT2D eigenvalue weighted by molar-refractivity contribution is 5.88. The van der Waals surface area contributed by atoms with Crippen LogP contribution in [-0.2, 0) is 16.0 Å². The van der Waals surface area contributed by atoms with E-state index in [1.54, 1.807) is 7.11 Å². The maximum Gasteiger partial charge on any atom is 0.412 e. The summed E-state index contributed by atoms with van der Waals surface area (Å²) in [5.74, 6) is 0.888. The molecule has 1 aliphatic rings. The fraction of sp³-hybridized carbons (Fsp3) is 0.579. The van der Waals surface area contributed by atoms with Crippen molar-refractivity contribution in [1.82, 2.24) is 0 Å². The largest absolute Gasteiger partial charge is 0.494 e. The number of hydrogen-bond donors (Lipinski definition) is 1. The van der Waals surface area contributed by atoms with Gasteiger partial charge in [0.1, 0.15) is 17.1 Å². The second-order valence-electron chi connectivity index (χ2n) is 7.19. The van der Waals surface area contributed by atoms with E-state index < -0.39 is 11.7 Å². The van der Waals surface area contributed by atoms with Gasteiger partial charge in [-0.15, -0.1) is 0 Å². The number of rotatable bonds is 4. The van der Waals surface area contributed by atoms with Crippen molar-refractivity contribution in [1.29, 1.82) is 0 Å². The zero-order valence-corrected chi connectivity index (χ0v) is 15.8. The minimum atomic E-state index is -0.564. The minimum absolute atomic E-state index is 0.310. The van der Waals surface area contributed by atoms with Gasteiger partial charge in [-0.3, -0.25) is 10.1 Å². The first-order valence-corrected chi connectivity index (χ1v) is 8.71. The Labute approximate surface area is 149 Å². The summed E-state index contributed by atoms with van der Waals surface area (Å²) in [6.07, 6.45) is 1.45. The van der Waals surface area contributed by atoms with Gasteiger partial charge in [-0.2, -0.15) is 0 Å². The van der Waals surface area contributed by atoms with Gasteiger partial charge in [0.2, 0.25) is 0 Å². The Kier molecular flexibility index (Phi) is 5.93. The Bertz CT molecular complexity index is 640. The SMILES string of the molecule is CCc1cc(NC(=O)OC(C)(C)C)c(OC)cc1N1CCC(=O)CC1. The highest BCUT2D eigenvalue weighted by Gasteiger charge is 2.22. The number of Topliss-reactive ketones (excluding diaryl/α,β-unsaturated/α-hetero) is 1. The van der Waals surface area contributed by atoms with Crippen molar-refractivity contribution in [2.45, 2.75) is 52.6 Å². The van der Waals surface area contributed by atoms with Crippen LogP contribution in [0.5, 0.6) is 5.75 Å². The van der Waals surface area contributed by atoms with E-state index in [0.717, 1.165) is 17.7 Å². The average molecular weight is 348 g/mol. The average Bonchev–Trinajstić information content (AvgIpc) is 2.53. The van der Waals surface area contributed by atoms with Crippen LogP contribution in [0.15, 0.2) is 12.1 Å². The lowest BCUT2D eigenvalue weighted by Gasteiger charge is -2.31. The Morgan fingerprint density at radius 2 is 1.88 bits per heavy atom. The Hall–Kier alpha value is -2.24. The third kappa shape index (κ3) is 5.11. The number of carbonyl (C=O) groups excluding carboxylic acids is 2. The minimum Gasteiger partial charge on any atom is -0.494 e. The van der Waals surface area contributed by atoms with Crippen molar-refractivity contribution in [3.05, 3.63) is 17.7 Å². The molecule has 0 aromatic heterocycles. The number of carbonyl (C=O) groups is 2. The molecule has 138 valence electrons. The molecule has 0 saturated carbocycles. The topological polar surface area (TPSA) is 67.9 Å². The molecule has 1 heterocycles. The second-order valence-corrected chi connectivity index (χ2v) is 7.19. The summed E-state index contributed by atoms with van der Waals surface area (Å²) in [5, 5.41) is 2.77. The van der Waals surface area contributed by atoms with Gasteiger partial charge in [0, 0.05) is 37.7 Å². The van der Waals surface area contributed by atoms with Gasteiger partial charge < -0.3 is 14.4 Å². The standard InChI is InChI=1S/C19H28N2O4/c1-6-13-11-15(20-18(23)25-19(2,3)4)17(24-5)12-16(13)21-9-7-14(22)8-10-21/h11-12H,6-10H2,1-5H3,(H,20,23). The molecule has 0 spiro atoms. The van der Waals surface area contributed by atoms with E-state index in [-0.39, 0.29) is 0 Å². The van der Waals surface area contributed by atoms with Crippen molar-refractivity contribution in [3.8, 4) is 5.75 Å². The molecule has 1 aromatic rings. The molecule has 1 N–H and O–H groups in total. The summed E-state index contributed by atoms with van der Waals surface area (Å²) in [7, 11) is 1.57. The van der Waals surface area contributed by atoms with E-state index in [2.05, 4.69) is 17.1 Å². The number of amides is 1. The maximum absolute atomic E-state index is 12.1. The smallest absolute Gasteiger partial charge is 0.412 e. The zero-order valence-electron chi connectivity index (χ0n) is 15.8. The molecule has 1 aromatic carbocycles. The van der Waals surface area contributed by atoms with E-state index in [9.17, 15) is 9.59 Å². The van der Waals surface area contributed by atoms with Crippen molar-refractivity contribution in [2.75, 3.05) is 30.4 Å². The maximum atomic E-state index is 12.1. The summed E-state index contributed by atoms with van der Waals surface area (Å²) in [5.41, 5.74) is 2.18. The van der Waals surface area contributed by atoms with Crippen LogP contribution in [0.25, 0.3) is 0 Å². The first kappa shape index (κ1) is 19.1. The number of benzene rings is 1. The molecule has 1 amide bonds. The molecule has 0 aliphatic carbocycles. The van der Waals surface area contributed by atoms with E-state index in [0.29, 0.717) is 43.2 Å². The highest BCUT2D eigenvalue weighted by atomic mass is 16.6. The van der Waals surface area contributed by atoms with Crippen LogP contribution in [0.2, 0.25) is 0 Å². The molecule has 6 nitrogen and oxygen atoms in total. The van der Waals surface area contributed by atoms with E-state index in [1.165, 1.54) is 0 Å². The van der Waals surface area contributed by atoms with Gasteiger partial charge in [-0.25, -0.2) is 4.79 Å². The number of hydrogen-bond acceptors (Lipinski definition) is 5. The number of anilines is 2. The monoisotopic (exact) mass is 348 g/mol. The molecule has 25 heavy (non-hydrogen) atoms. The lowest BCUT2D eigenvalue weighted by Crippen LogP contribution is -2.34. The normalized spacial score (nSPS) is 15.1. The van der Waals surface area contributed by atoms with Gasteiger partial charge >= 0.3 is 6.09 Å². The quantitative estimate of drug-likeness (QED) is 0.897. The molecule has 0 radical (unpaired) electrons. The summed E-state index contributed by atoms with van der Waals surface area (Å²) >= 11 is 0. The summed E-state index contributed by atoms with van der Waals surface area (Å²) in [6.45, 7) is 8.96. The number of piperidine rings is 1. The Morgan fingerprint density at radius 1 is 1.24 bits per heavy atom. The zero-order chi connectivity index (χ0) is 18.6. The van der Waals surface area contributed by atoms with Crippen LogP contribution in [0.3, 0.4) is 0 Å². The third-order valence-corrected chi connectivity index (χ3v) is 4.08. The summed E-state index contributed by atoms with van der Waals surface area (Å²) in [6, 6.07) is 3.86. The van der Waals surface area contributed by atoms with Gasteiger partial charge in [0.05, 0.1) is 12.8 Å². The van der Waals surface area contributed by atoms with E-state index >= 15 is 0 Å². The van der Waals surface area contributed by atoms with Crippen molar-refractivity contribution in [2.24, 2.45) is 0 Å². The van der Waals surface area contributed by atoms with Crippen LogP contribution in [0.1, 0.15) is 46.1 Å². The fourth-order valence-corrected chi connectivity index (χ4v) is 2.87. The molecule has 2 rings (SSSR count). The van der Waals surface area contributed by atoms with E-state index in [4.69, 9.17) is 9.47 Å². The molecule has 1 aliphatic heterocycles. The molecule has 6 heteroatoms. The van der Waals surface area contributed by atoms with Gasteiger partial charge in [0.15, 0.2) is 0 Å².